The fourth-order valence-electron chi connectivity index (χ4n) is 3.00. The van der Waals surface area contributed by atoms with Crippen molar-refractivity contribution in [2.24, 2.45) is 0 Å². The van der Waals surface area contributed by atoms with Gasteiger partial charge in [-0.1, -0.05) is 66.4 Å². The van der Waals surface area contributed by atoms with Gasteiger partial charge < -0.3 is 17.0 Å². The Bertz CT molecular complexity index is 963. The minimum absolute atomic E-state index is 0. The Hall–Kier alpha value is -1.94. The van der Waals surface area contributed by atoms with E-state index in [4.69, 9.17) is 0 Å². The number of hydrogen-bond acceptors (Lipinski definition) is 1. The molecule has 0 aliphatic carbocycles. The van der Waals surface area contributed by atoms with Gasteiger partial charge in [-0.05, 0) is 67.1 Å². The average Bonchev–Trinajstić information content (AvgIpc) is 2.73. The lowest BCUT2D eigenvalue weighted by molar-refractivity contribution is -0.00000532. The van der Waals surface area contributed by atoms with Gasteiger partial charge in [0.15, 0.2) is 14.7 Å². The Morgan fingerprint density at radius 3 is 1.57 bits per heavy atom. The van der Waals surface area contributed by atoms with Crippen molar-refractivity contribution in [1.29, 1.82) is 0 Å². The molecule has 0 saturated heterocycles. The summed E-state index contributed by atoms with van der Waals surface area (Å²) in [5, 5.41) is 0. The van der Waals surface area contributed by atoms with E-state index < -0.39 is 0 Å². The molecule has 0 aromatic heterocycles. The number of halogens is 1. The van der Waals surface area contributed by atoms with Crippen molar-refractivity contribution < 1.29 is 17.0 Å². The molecule has 0 heterocycles. The first-order chi connectivity index (χ1) is 13.3. The standard InChI is InChI=1S/C25H21S2.BrH/c1-20-19-24(17-18-25(20)26-21-11-5-2-6-12-21)27(22-13-7-3-8-14-22)23-15-9-4-10-16-23;/h2-19H,1H3;1H/q+1;/p-1. The fraction of sp³-hybridized carbons (Fsp3) is 0.0400. The van der Waals surface area contributed by atoms with Crippen LogP contribution in [0, 0.1) is 6.92 Å². The Morgan fingerprint density at radius 2 is 1.07 bits per heavy atom. The summed E-state index contributed by atoms with van der Waals surface area (Å²) >= 11 is 1.83. The Labute approximate surface area is 185 Å². The van der Waals surface area contributed by atoms with Crippen LogP contribution in [0.2, 0.25) is 0 Å². The van der Waals surface area contributed by atoms with Crippen LogP contribution in [0.4, 0.5) is 0 Å². The molecule has 4 aromatic rings. The lowest BCUT2D eigenvalue weighted by atomic mass is 10.2. The molecule has 0 fully saturated rings. The third kappa shape index (κ3) is 4.91. The van der Waals surface area contributed by atoms with Gasteiger partial charge in [-0.15, -0.1) is 0 Å². The lowest BCUT2D eigenvalue weighted by Gasteiger charge is -2.11. The van der Waals surface area contributed by atoms with Crippen LogP contribution in [0.15, 0.2) is 134 Å². The number of aryl methyl sites for hydroxylation is 1. The molecule has 0 atom stereocenters. The molecule has 0 bridgehead atoms. The summed E-state index contributed by atoms with van der Waals surface area (Å²) in [6.45, 7) is 2.21. The Kier molecular flexibility index (Phi) is 7.43. The molecule has 0 spiro atoms. The zero-order chi connectivity index (χ0) is 18.5. The van der Waals surface area contributed by atoms with Gasteiger partial charge in [0.2, 0.25) is 0 Å². The molecule has 0 aliphatic heterocycles. The molecule has 0 amide bonds. The highest BCUT2D eigenvalue weighted by atomic mass is 79.9. The van der Waals surface area contributed by atoms with Crippen molar-refractivity contribution in [2.75, 3.05) is 0 Å². The van der Waals surface area contributed by atoms with E-state index in [2.05, 4.69) is 116 Å². The van der Waals surface area contributed by atoms with Crippen molar-refractivity contribution >= 4 is 22.7 Å². The number of hydrogen-bond donors (Lipinski definition) is 0. The summed E-state index contributed by atoms with van der Waals surface area (Å²) in [6.07, 6.45) is 0. The zero-order valence-corrected chi connectivity index (χ0v) is 18.8. The summed E-state index contributed by atoms with van der Waals surface area (Å²) in [5.74, 6) is 0. The van der Waals surface area contributed by atoms with E-state index in [1.807, 2.05) is 11.8 Å². The summed E-state index contributed by atoms with van der Waals surface area (Å²) in [6, 6.07) is 39.1. The largest absolute Gasteiger partial charge is 1.00 e. The van der Waals surface area contributed by atoms with Crippen LogP contribution in [0.1, 0.15) is 5.56 Å². The van der Waals surface area contributed by atoms with Gasteiger partial charge in [-0.3, -0.25) is 0 Å². The second-order valence-corrected chi connectivity index (χ2v) is 9.42. The first-order valence-electron chi connectivity index (χ1n) is 8.99. The molecule has 4 rings (SSSR count). The van der Waals surface area contributed by atoms with Crippen molar-refractivity contribution in [1.82, 2.24) is 0 Å². The topological polar surface area (TPSA) is 0 Å². The Balaban J connectivity index is 0.00000225. The first-order valence-corrected chi connectivity index (χ1v) is 11.0. The maximum absolute atomic E-state index is 2.36. The van der Waals surface area contributed by atoms with E-state index in [9.17, 15) is 0 Å². The van der Waals surface area contributed by atoms with Crippen LogP contribution in [-0.2, 0) is 10.9 Å². The number of rotatable bonds is 5. The van der Waals surface area contributed by atoms with Crippen LogP contribution in [0.5, 0.6) is 0 Å². The molecule has 0 saturated carbocycles. The van der Waals surface area contributed by atoms with E-state index in [0.717, 1.165) is 0 Å². The maximum Gasteiger partial charge on any atom is 0.166 e. The third-order valence-electron chi connectivity index (χ3n) is 4.31. The van der Waals surface area contributed by atoms with Crippen LogP contribution in [-0.4, -0.2) is 0 Å². The predicted molar refractivity (Wildman–Crippen MR) is 117 cm³/mol. The van der Waals surface area contributed by atoms with E-state index in [-0.39, 0.29) is 27.9 Å². The summed E-state index contributed by atoms with van der Waals surface area (Å²) in [7, 11) is -0.0889. The van der Waals surface area contributed by atoms with Crippen LogP contribution >= 0.6 is 11.8 Å². The second-order valence-electron chi connectivity index (χ2n) is 6.27. The van der Waals surface area contributed by atoms with Crippen LogP contribution in [0.3, 0.4) is 0 Å². The van der Waals surface area contributed by atoms with Crippen LogP contribution < -0.4 is 17.0 Å². The zero-order valence-electron chi connectivity index (χ0n) is 15.6. The second kappa shape index (κ2) is 10.0. The lowest BCUT2D eigenvalue weighted by Crippen LogP contribution is -3.00. The van der Waals surface area contributed by atoms with Gasteiger partial charge in [0.1, 0.15) is 0 Å². The molecule has 0 unspecified atom stereocenters. The smallest absolute Gasteiger partial charge is 0.166 e. The quantitative estimate of drug-likeness (QED) is 0.398. The van der Waals surface area contributed by atoms with Gasteiger partial charge in [0, 0.05) is 9.79 Å². The molecule has 0 aliphatic rings. The van der Waals surface area contributed by atoms with E-state index in [1.165, 1.54) is 30.0 Å². The minimum atomic E-state index is -0.0889. The predicted octanol–water partition coefficient (Wildman–Crippen LogP) is 4.25. The van der Waals surface area contributed by atoms with Crippen molar-refractivity contribution in [2.45, 2.75) is 31.4 Å². The van der Waals surface area contributed by atoms with E-state index in [0.29, 0.717) is 0 Å². The van der Waals surface area contributed by atoms with Crippen molar-refractivity contribution in [3.05, 3.63) is 115 Å². The molecule has 4 aromatic carbocycles. The maximum atomic E-state index is 2.36. The van der Waals surface area contributed by atoms with Gasteiger partial charge in [-0.25, -0.2) is 0 Å². The number of benzene rings is 4. The molecule has 28 heavy (non-hydrogen) atoms. The highest BCUT2D eigenvalue weighted by molar-refractivity contribution is 7.99. The van der Waals surface area contributed by atoms with Gasteiger partial charge >= 0.3 is 0 Å². The SMILES string of the molecule is Cc1cc([S+](c2ccccc2)c2ccccc2)ccc1Sc1ccccc1.[Br-]. The average molecular weight is 465 g/mol. The first kappa shape index (κ1) is 20.8. The summed E-state index contributed by atoms with van der Waals surface area (Å²) in [4.78, 5) is 6.66. The molecule has 3 heteroatoms. The van der Waals surface area contributed by atoms with E-state index in [1.54, 1.807) is 0 Å². The van der Waals surface area contributed by atoms with Crippen LogP contribution in [0.25, 0.3) is 0 Å². The molecular weight excluding hydrogens is 444 g/mol. The molecule has 0 radical (unpaired) electrons. The van der Waals surface area contributed by atoms with Crippen molar-refractivity contribution in [3.63, 3.8) is 0 Å². The Morgan fingerprint density at radius 1 is 0.571 bits per heavy atom. The highest BCUT2D eigenvalue weighted by Gasteiger charge is 2.28. The molecular formula is C25H21BrS2. The van der Waals surface area contributed by atoms with Gasteiger partial charge in [0.05, 0.1) is 10.9 Å². The van der Waals surface area contributed by atoms with Gasteiger partial charge in [0.25, 0.3) is 0 Å². The molecule has 0 N–H and O–H groups in total. The van der Waals surface area contributed by atoms with Gasteiger partial charge in [-0.2, -0.15) is 0 Å². The van der Waals surface area contributed by atoms with E-state index >= 15 is 0 Å². The fourth-order valence-corrected chi connectivity index (χ4v) is 6.08. The summed E-state index contributed by atoms with van der Waals surface area (Å²) in [5.41, 5.74) is 1.32. The third-order valence-corrected chi connectivity index (χ3v) is 7.71. The molecule has 140 valence electrons. The molecule has 0 nitrogen and oxygen atoms in total. The minimum Gasteiger partial charge on any atom is -1.00 e. The highest BCUT2D eigenvalue weighted by Crippen LogP contribution is 2.35. The summed E-state index contributed by atoms with van der Waals surface area (Å²) < 4.78 is 0. The van der Waals surface area contributed by atoms with Crippen molar-refractivity contribution in [3.8, 4) is 0 Å². The monoisotopic (exact) mass is 464 g/mol. The normalized spacial score (nSPS) is 10.5.